The molecule has 0 amide bonds. The maximum atomic E-state index is 4.06. The van der Waals surface area contributed by atoms with E-state index in [1.165, 1.54) is 0 Å². The monoisotopic (exact) mass is 116 g/mol. The van der Waals surface area contributed by atoms with E-state index in [4.69, 9.17) is 0 Å². The van der Waals surface area contributed by atoms with Crippen molar-refractivity contribution in [3.8, 4) is 0 Å². The predicted octanol–water partition coefficient (Wildman–Crippen LogP) is 0.208. The van der Waals surface area contributed by atoms with Crippen LogP contribution in [0.5, 0.6) is 0 Å². The summed E-state index contributed by atoms with van der Waals surface area (Å²) in [7, 11) is 2.00. The van der Waals surface area contributed by atoms with E-state index in [9.17, 15) is 0 Å². The summed E-state index contributed by atoms with van der Waals surface area (Å²) in [4.78, 5) is 2.03. The molecule has 0 saturated carbocycles. The predicted molar refractivity (Wildman–Crippen MR) is 32.8 cm³/mol. The quantitative estimate of drug-likeness (QED) is 0.440. The molecule has 0 atom stereocenters. The average Bonchev–Trinajstić information content (AvgIpc) is 1.87. The lowest BCUT2D eigenvalue weighted by atomic mass is 10.9. The molecule has 0 saturated heterocycles. The maximum absolute atomic E-state index is 4.06. The van der Waals surface area contributed by atoms with Crippen LogP contribution in [-0.4, -0.2) is 18.6 Å². The number of thiol groups is 1. The van der Waals surface area contributed by atoms with Gasteiger partial charge in [0.2, 0.25) is 0 Å². The van der Waals surface area contributed by atoms with Gasteiger partial charge < -0.3 is 10.2 Å². The van der Waals surface area contributed by atoms with Gasteiger partial charge in [0, 0.05) is 13.2 Å². The van der Waals surface area contributed by atoms with Gasteiger partial charge in [-0.05, 0) is 0 Å². The Balaban J connectivity index is 2.50. The Hall–Kier alpha value is -0.310. The van der Waals surface area contributed by atoms with E-state index >= 15 is 0 Å². The standard InChI is InChI=1S/C4H8N2S/c1-6-2-4(7)5-3-6/h2,5,7H,3H2,1H3. The smallest absolute Gasteiger partial charge is 0.0873 e. The average molecular weight is 116 g/mol. The van der Waals surface area contributed by atoms with E-state index in [0.29, 0.717) is 0 Å². The van der Waals surface area contributed by atoms with Crippen molar-refractivity contribution in [2.45, 2.75) is 0 Å². The number of nitrogens with zero attached hydrogens (tertiary/aromatic N) is 1. The van der Waals surface area contributed by atoms with E-state index in [0.717, 1.165) is 11.7 Å². The number of hydrogen-bond donors (Lipinski definition) is 2. The van der Waals surface area contributed by atoms with Crippen LogP contribution in [0.2, 0.25) is 0 Å². The minimum Gasteiger partial charge on any atom is -0.362 e. The third-order valence-electron chi connectivity index (χ3n) is 0.852. The van der Waals surface area contributed by atoms with Gasteiger partial charge in [-0.2, -0.15) is 0 Å². The SMILES string of the molecule is CN1C=C(S)NC1. The summed E-state index contributed by atoms with van der Waals surface area (Å²) in [5.74, 6) is 0. The normalized spacial score (nSPS) is 19.1. The Labute approximate surface area is 48.6 Å². The molecule has 3 heteroatoms. The minimum atomic E-state index is 0.888. The lowest BCUT2D eigenvalue weighted by molar-refractivity contribution is 0.474. The molecule has 1 aliphatic heterocycles. The molecule has 1 heterocycles. The van der Waals surface area contributed by atoms with Crippen LogP contribution in [-0.2, 0) is 0 Å². The molecule has 0 bridgehead atoms. The van der Waals surface area contributed by atoms with Crippen LogP contribution in [0.3, 0.4) is 0 Å². The first kappa shape index (κ1) is 4.84. The van der Waals surface area contributed by atoms with Crippen LogP contribution in [0.15, 0.2) is 11.2 Å². The highest BCUT2D eigenvalue weighted by Gasteiger charge is 1.99. The van der Waals surface area contributed by atoms with Gasteiger partial charge in [-0.3, -0.25) is 0 Å². The molecule has 0 aromatic heterocycles. The van der Waals surface area contributed by atoms with Crippen molar-refractivity contribution in [1.29, 1.82) is 0 Å². The van der Waals surface area contributed by atoms with Gasteiger partial charge in [0.05, 0.1) is 11.7 Å². The van der Waals surface area contributed by atoms with E-state index in [1.807, 2.05) is 18.1 Å². The van der Waals surface area contributed by atoms with Crippen molar-refractivity contribution in [1.82, 2.24) is 10.2 Å². The van der Waals surface area contributed by atoms with Crippen molar-refractivity contribution < 1.29 is 0 Å². The zero-order valence-corrected chi connectivity index (χ0v) is 5.07. The summed E-state index contributed by atoms with van der Waals surface area (Å²) in [5, 5.41) is 3.97. The van der Waals surface area contributed by atoms with Crippen LogP contribution in [0.4, 0.5) is 0 Å². The second-order valence-electron chi connectivity index (χ2n) is 1.61. The van der Waals surface area contributed by atoms with Gasteiger partial charge >= 0.3 is 0 Å². The van der Waals surface area contributed by atoms with Crippen LogP contribution >= 0.6 is 12.6 Å². The first-order valence-electron chi connectivity index (χ1n) is 2.14. The molecule has 0 fully saturated rings. The van der Waals surface area contributed by atoms with Crippen LogP contribution in [0.1, 0.15) is 0 Å². The van der Waals surface area contributed by atoms with E-state index in [-0.39, 0.29) is 0 Å². The first-order chi connectivity index (χ1) is 3.29. The fourth-order valence-corrected chi connectivity index (χ4v) is 0.774. The molecular formula is C4H8N2S. The third kappa shape index (κ3) is 1.03. The van der Waals surface area contributed by atoms with E-state index in [2.05, 4.69) is 17.9 Å². The Morgan fingerprint density at radius 3 is 2.86 bits per heavy atom. The molecule has 0 radical (unpaired) electrons. The van der Waals surface area contributed by atoms with Gasteiger partial charge in [-0.15, -0.1) is 12.6 Å². The minimum absolute atomic E-state index is 0.888. The number of hydrogen-bond acceptors (Lipinski definition) is 3. The second kappa shape index (κ2) is 1.66. The molecule has 0 aromatic rings. The topological polar surface area (TPSA) is 15.3 Å². The Bertz CT molecular complexity index is 99.9. The molecule has 0 aromatic carbocycles. The third-order valence-corrected chi connectivity index (χ3v) is 1.13. The maximum Gasteiger partial charge on any atom is 0.0873 e. The second-order valence-corrected chi connectivity index (χ2v) is 2.09. The van der Waals surface area contributed by atoms with Gasteiger partial charge in [0.15, 0.2) is 0 Å². The summed E-state index contributed by atoms with van der Waals surface area (Å²) in [6.07, 6.45) is 1.95. The van der Waals surface area contributed by atoms with Crippen molar-refractivity contribution in [2.75, 3.05) is 13.7 Å². The molecule has 0 unspecified atom stereocenters. The lowest BCUT2D eigenvalue weighted by Crippen LogP contribution is -2.15. The first-order valence-corrected chi connectivity index (χ1v) is 2.58. The van der Waals surface area contributed by atoms with E-state index < -0.39 is 0 Å². The zero-order valence-electron chi connectivity index (χ0n) is 4.18. The van der Waals surface area contributed by atoms with Crippen molar-refractivity contribution in [3.05, 3.63) is 11.2 Å². The summed E-state index contributed by atoms with van der Waals surface area (Å²) >= 11 is 4.06. The van der Waals surface area contributed by atoms with Gasteiger partial charge in [-0.25, -0.2) is 0 Å². The number of nitrogens with one attached hydrogen (secondary N) is 1. The summed E-state index contributed by atoms with van der Waals surface area (Å²) in [6.45, 7) is 0.888. The fourth-order valence-electron chi connectivity index (χ4n) is 0.506. The Kier molecular flexibility index (Phi) is 1.15. The Morgan fingerprint density at radius 1 is 2.00 bits per heavy atom. The van der Waals surface area contributed by atoms with Crippen molar-refractivity contribution in [2.24, 2.45) is 0 Å². The molecule has 2 nitrogen and oxygen atoms in total. The molecule has 1 rings (SSSR count). The largest absolute Gasteiger partial charge is 0.362 e. The van der Waals surface area contributed by atoms with Crippen LogP contribution in [0.25, 0.3) is 0 Å². The molecular weight excluding hydrogens is 108 g/mol. The highest BCUT2D eigenvalue weighted by molar-refractivity contribution is 7.84. The van der Waals surface area contributed by atoms with Crippen LogP contribution < -0.4 is 5.32 Å². The highest BCUT2D eigenvalue weighted by atomic mass is 32.1. The van der Waals surface area contributed by atoms with Gasteiger partial charge in [-0.1, -0.05) is 0 Å². The summed E-state index contributed by atoms with van der Waals surface area (Å²) in [6, 6.07) is 0. The van der Waals surface area contributed by atoms with Crippen molar-refractivity contribution in [3.63, 3.8) is 0 Å². The molecule has 0 aliphatic carbocycles. The highest BCUT2D eigenvalue weighted by Crippen LogP contribution is 2.02. The number of rotatable bonds is 0. The molecule has 0 spiro atoms. The molecule has 40 valence electrons. The fraction of sp³-hybridized carbons (Fsp3) is 0.500. The summed E-state index contributed by atoms with van der Waals surface area (Å²) < 4.78 is 0. The molecule has 1 N–H and O–H groups in total. The van der Waals surface area contributed by atoms with Crippen molar-refractivity contribution >= 4 is 12.6 Å². The molecule has 1 aliphatic rings. The Morgan fingerprint density at radius 2 is 2.71 bits per heavy atom. The molecule has 7 heavy (non-hydrogen) atoms. The lowest BCUT2D eigenvalue weighted by Gasteiger charge is -2.02. The van der Waals surface area contributed by atoms with Gasteiger partial charge in [0.25, 0.3) is 0 Å². The van der Waals surface area contributed by atoms with Crippen LogP contribution in [0, 0.1) is 0 Å². The summed E-state index contributed by atoms with van der Waals surface area (Å²) in [5.41, 5.74) is 0. The van der Waals surface area contributed by atoms with Gasteiger partial charge in [0.1, 0.15) is 0 Å². The zero-order chi connectivity index (χ0) is 5.28. The van der Waals surface area contributed by atoms with E-state index in [1.54, 1.807) is 0 Å².